The van der Waals surface area contributed by atoms with Crippen LogP contribution in [0.25, 0.3) is 10.9 Å². The molecule has 40 heavy (non-hydrogen) atoms. The number of nitrogens with zero attached hydrogens (tertiary/aromatic N) is 2. The first kappa shape index (κ1) is 29.3. The van der Waals surface area contributed by atoms with Gasteiger partial charge >= 0.3 is 12.1 Å². The van der Waals surface area contributed by atoms with Crippen molar-refractivity contribution in [3.63, 3.8) is 0 Å². The summed E-state index contributed by atoms with van der Waals surface area (Å²) in [6.45, 7) is 5.70. The molecule has 2 aromatic heterocycles. The normalized spacial score (nSPS) is 14.3. The van der Waals surface area contributed by atoms with Crippen molar-refractivity contribution in [2.24, 2.45) is 0 Å². The number of ether oxygens (including phenoxy) is 4. The van der Waals surface area contributed by atoms with Crippen molar-refractivity contribution in [3.8, 4) is 11.5 Å². The summed E-state index contributed by atoms with van der Waals surface area (Å²) in [6, 6.07) is 5.93. The SMILES string of the molecule is CCOC(=O)c1cc(OCCCCCOc2coc(CN3CCOCC3)cc2=O)c2ccc(C(F)(F)F)cc2n1. The molecule has 12 heteroatoms. The number of unbranched alkanes of at least 4 members (excludes halogenated alkanes) is 2. The quantitative estimate of drug-likeness (QED) is 0.226. The number of carbonyl (C=O) groups is 1. The Morgan fingerprint density at radius 1 is 1.02 bits per heavy atom. The van der Waals surface area contributed by atoms with Crippen molar-refractivity contribution < 1.29 is 41.3 Å². The molecule has 1 fully saturated rings. The van der Waals surface area contributed by atoms with Gasteiger partial charge < -0.3 is 23.4 Å². The van der Waals surface area contributed by atoms with E-state index in [0.717, 1.165) is 25.2 Å². The number of halogens is 3. The van der Waals surface area contributed by atoms with Gasteiger partial charge in [0.15, 0.2) is 5.69 Å². The molecule has 1 aromatic carbocycles. The molecular weight excluding hydrogens is 533 g/mol. The third-order valence-electron chi connectivity index (χ3n) is 6.22. The zero-order valence-corrected chi connectivity index (χ0v) is 22.1. The molecule has 3 aromatic rings. The second-order valence-corrected chi connectivity index (χ2v) is 9.18. The number of rotatable bonds is 12. The largest absolute Gasteiger partial charge is 0.493 e. The number of alkyl halides is 3. The number of carbonyl (C=O) groups excluding carboxylic acids is 1. The van der Waals surface area contributed by atoms with Crippen molar-refractivity contribution in [2.45, 2.75) is 38.9 Å². The van der Waals surface area contributed by atoms with E-state index in [2.05, 4.69) is 9.88 Å². The Labute approximate surface area is 228 Å². The van der Waals surface area contributed by atoms with Crippen molar-refractivity contribution in [3.05, 3.63) is 63.8 Å². The molecular formula is C28H31F3N2O7. The summed E-state index contributed by atoms with van der Waals surface area (Å²) in [6.07, 6.45) is -1.27. The first-order valence-electron chi connectivity index (χ1n) is 13.1. The van der Waals surface area contributed by atoms with E-state index in [1.165, 1.54) is 24.5 Å². The third kappa shape index (κ3) is 7.95. The highest BCUT2D eigenvalue weighted by atomic mass is 19.4. The maximum atomic E-state index is 13.2. The van der Waals surface area contributed by atoms with Gasteiger partial charge in [-0.3, -0.25) is 9.69 Å². The molecule has 0 saturated carbocycles. The zero-order valence-electron chi connectivity index (χ0n) is 22.1. The highest BCUT2D eigenvalue weighted by molar-refractivity contribution is 5.94. The van der Waals surface area contributed by atoms with Crippen LogP contribution in [0, 0.1) is 0 Å². The Kier molecular flexibility index (Phi) is 9.99. The van der Waals surface area contributed by atoms with Crippen LogP contribution in [0.15, 0.2) is 45.8 Å². The predicted molar refractivity (Wildman–Crippen MR) is 139 cm³/mol. The van der Waals surface area contributed by atoms with Gasteiger partial charge in [0, 0.05) is 30.6 Å². The van der Waals surface area contributed by atoms with E-state index in [1.54, 1.807) is 6.92 Å². The van der Waals surface area contributed by atoms with Crippen LogP contribution in [0.2, 0.25) is 0 Å². The van der Waals surface area contributed by atoms with Crippen LogP contribution in [0.5, 0.6) is 11.5 Å². The van der Waals surface area contributed by atoms with Gasteiger partial charge in [0.1, 0.15) is 17.8 Å². The van der Waals surface area contributed by atoms with Gasteiger partial charge in [-0.2, -0.15) is 13.2 Å². The first-order chi connectivity index (χ1) is 19.2. The van der Waals surface area contributed by atoms with Gasteiger partial charge in [-0.1, -0.05) is 0 Å². The number of morpholine rings is 1. The Morgan fingerprint density at radius 2 is 1.75 bits per heavy atom. The average molecular weight is 565 g/mol. The van der Waals surface area contributed by atoms with Gasteiger partial charge in [-0.25, -0.2) is 9.78 Å². The van der Waals surface area contributed by atoms with E-state index in [1.807, 2.05) is 0 Å². The van der Waals surface area contributed by atoms with Gasteiger partial charge in [0.05, 0.1) is 50.7 Å². The minimum Gasteiger partial charge on any atom is -0.493 e. The van der Waals surface area contributed by atoms with E-state index in [9.17, 15) is 22.8 Å². The van der Waals surface area contributed by atoms with Crippen LogP contribution in [-0.2, 0) is 22.2 Å². The molecule has 0 atom stereocenters. The maximum absolute atomic E-state index is 13.2. The van der Waals surface area contributed by atoms with E-state index in [-0.39, 0.29) is 41.4 Å². The van der Waals surface area contributed by atoms with Crippen LogP contribution in [0.1, 0.15) is 48.0 Å². The number of pyridine rings is 1. The molecule has 3 heterocycles. The predicted octanol–water partition coefficient (Wildman–Crippen LogP) is 4.84. The lowest BCUT2D eigenvalue weighted by Gasteiger charge is -2.25. The molecule has 1 aliphatic rings. The van der Waals surface area contributed by atoms with E-state index >= 15 is 0 Å². The van der Waals surface area contributed by atoms with Crippen molar-refractivity contribution >= 4 is 16.9 Å². The molecule has 0 N–H and O–H groups in total. The molecule has 9 nitrogen and oxygen atoms in total. The highest BCUT2D eigenvalue weighted by Crippen LogP contribution is 2.34. The van der Waals surface area contributed by atoms with Crippen molar-refractivity contribution in [2.75, 3.05) is 46.1 Å². The van der Waals surface area contributed by atoms with Gasteiger partial charge in [-0.05, 0) is 44.4 Å². The second-order valence-electron chi connectivity index (χ2n) is 9.18. The van der Waals surface area contributed by atoms with E-state index in [4.69, 9.17) is 23.4 Å². The fraction of sp³-hybridized carbons (Fsp3) is 0.464. The standard InChI is InChI=1S/C28H31F3N2O7/c1-2-37-27(35)23-16-25(21-7-6-19(28(29,30)31)14-22(21)32-23)38-10-4-3-5-11-39-26-18-40-20(15-24(26)34)17-33-8-12-36-13-9-33/h6-7,14-16,18H,2-5,8-13,17H2,1H3. The second kappa shape index (κ2) is 13.6. The van der Waals surface area contributed by atoms with Crippen LogP contribution >= 0.6 is 0 Å². The number of benzene rings is 1. The lowest BCUT2D eigenvalue weighted by molar-refractivity contribution is -0.137. The van der Waals surface area contributed by atoms with Crippen LogP contribution in [0.3, 0.4) is 0 Å². The summed E-state index contributed by atoms with van der Waals surface area (Å²) < 4.78 is 66.8. The molecule has 1 aliphatic heterocycles. The minimum absolute atomic E-state index is 0.0152. The molecule has 0 aliphatic carbocycles. The fourth-order valence-corrected chi connectivity index (χ4v) is 4.15. The van der Waals surface area contributed by atoms with Gasteiger partial charge in [0.25, 0.3) is 0 Å². The van der Waals surface area contributed by atoms with E-state index < -0.39 is 17.7 Å². The number of esters is 1. The zero-order chi connectivity index (χ0) is 28.5. The van der Waals surface area contributed by atoms with Crippen molar-refractivity contribution in [1.29, 1.82) is 0 Å². The van der Waals surface area contributed by atoms with Crippen LogP contribution in [0.4, 0.5) is 13.2 Å². The van der Waals surface area contributed by atoms with Gasteiger partial charge in [0.2, 0.25) is 11.2 Å². The monoisotopic (exact) mass is 564 g/mol. The number of hydrogen-bond donors (Lipinski definition) is 0. The molecule has 216 valence electrons. The summed E-state index contributed by atoms with van der Waals surface area (Å²) in [4.78, 5) is 30.8. The molecule has 0 unspecified atom stereocenters. The minimum atomic E-state index is -4.55. The lowest BCUT2D eigenvalue weighted by Crippen LogP contribution is -2.35. The van der Waals surface area contributed by atoms with Gasteiger partial charge in [-0.15, -0.1) is 0 Å². The topological polar surface area (TPSA) is 100 Å². The smallest absolute Gasteiger partial charge is 0.416 e. The summed E-state index contributed by atoms with van der Waals surface area (Å²) >= 11 is 0. The molecule has 0 amide bonds. The fourth-order valence-electron chi connectivity index (χ4n) is 4.15. The molecule has 1 saturated heterocycles. The van der Waals surface area contributed by atoms with Crippen LogP contribution < -0.4 is 14.9 Å². The first-order valence-corrected chi connectivity index (χ1v) is 13.1. The number of fused-ring (bicyclic) bond motifs is 1. The Bertz CT molecular complexity index is 1350. The molecule has 0 bridgehead atoms. The Hall–Kier alpha value is -3.64. The molecule has 0 spiro atoms. The lowest BCUT2D eigenvalue weighted by atomic mass is 10.1. The molecule has 0 radical (unpaired) electrons. The van der Waals surface area contributed by atoms with Crippen LogP contribution in [-0.4, -0.2) is 62.0 Å². The van der Waals surface area contributed by atoms with E-state index in [0.29, 0.717) is 56.8 Å². The maximum Gasteiger partial charge on any atom is 0.416 e. The summed E-state index contributed by atoms with van der Waals surface area (Å²) in [5, 5.41) is 0.355. The summed E-state index contributed by atoms with van der Waals surface area (Å²) in [7, 11) is 0. The average Bonchev–Trinajstić information content (AvgIpc) is 2.93. The molecule has 4 rings (SSSR count). The Balaban J connectivity index is 1.27. The summed E-state index contributed by atoms with van der Waals surface area (Å²) in [5.41, 5.74) is -1.26. The summed E-state index contributed by atoms with van der Waals surface area (Å²) in [5.74, 6) is 0.214. The van der Waals surface area contributed by atoms with Crippen molar-refractivity contribution in [1.82, 2.24) is 9.88 Å². The number of hydrogen-bond acceptors (Lipinski definition) is 9. The third-order valence-corrected chi connectivity index (χ3v) is 6.22. The Morgan fingerprint density at radius 3 is 2.42 bits per heavy atom. The number of aromatic nitrogens is 1. The highest BCUT2D eigenvalue weighted by Gasteiger charge is 2.31.